The Bertz CT molecular complexity index is 1320. The van der Waals surface area contributed by atoms with Crippen molar-refractivity contribution in [3.8, 4) is 5.75 Å². The third-order valence-corrected chi connectivity index (χ3v) is 8.69. The first-order valence-electron chi connectivity index (χ1n) is 13.4. The fraction of sp³-hybridized carbons (Fsp3) is 0.615. The van der Waals surface area contributed by atoms with Gasteiger partial charge in [0.1, 0.15) is 5.75 Å². The zero-order valence-electron chi connectivity index (χ0n) is 25.1. The number of amides is 1. The summed E-state index contributed by atoms with van der Waals surface area (Å²) in [6, 6.07) is 3.36. The van der Waals surface area contributed by atoms with Crippen LogP contribution in [0.1, 0.15) is 40.5 Å². The fourth-order valence-electron chi connectivity index (χ4n) is 4.34. The molecule has 1 aliphatic heterocycles. The standard InChI is InChI=1S/C24H38N6O5S.C2HF3O2/c1-18-15-20(34-6)16-19(2)22(18)36(32,33)28(5)17-21-25-26-23(35-21)24(31)30-13-11-29(12-14-30)10-8-7-9-27(3)4;3-2(4,5)1(6)7/h15-16H,7-14,17H2,1-6H3;(H,6,7). The lowest BCUT2D eigenvalue weighted by molar-refractivity contribution is -0.192. The van der Waals surface area contributed by atoms with E-state index in [-0.39, 0.29) is 29.1 Å². The number of unbranched alkanes of at least 4 members (excludes halogenated alkanes) is 1. The lowest BCUT2D eigenvalue weighted by atomic mass is 10.1. The number of sulfonamides is 1. The molecule has 0 atom stereocenters. The summed E-state index contributed by atoms with van der Waals surface area (Å²) >= 11 is 0. The number of rotatable bonds is 11. The lowest BCUT2D eigenvalue weighted by Gasteiger charge is -2.34. The van der Waals surface area contributed by atoms with E-state index in [1.54, 1.807) is 30.9 Å². The number of aliphatic carboxylic acids is 1. The van der Waals surface area contributed by atoms with Gasteiger partial charge in [-0.3, -0.25) is 9.69 Å². The number of nitrogens with zero attached hydrogens (tertiary/aromatic N) is 6. The molecular weight excluding hydrogens is 597 g/mol. The number of halogens is 3. The minimum Gasteiger partial charge on any atom is -0.497 e. The zero-order valence-corrected chi connectivity index (χ0v) is 26.0. The summed E-state index contributed by atoms with van der Waals surface area (Å²) in [5.41, 5.74) is 1.16. The minimum absolute atomic E-state index is 0.0628. The summed E-state index contributed by atoms with van der Waals surface area (Å²) < 4.78 is 70.2. The van der Waals surface area contributed by atoms with E-state index in [1.165, 1.54) is 14.2 Å². The summed E-state index contributed by atoms with van der Waals surface area (Å²) in [4.78, 5) is 28.2. The van der Waals surface area contributed by atoms with Crippen molar-refractivity contribution in [1.29, 1.82) is 0 Å². The molecule has 1 aromatic heterocycles. The number of carbonyl (C=O) groups is 2. The van der Waals surface area contributed by atoms with E-state index < -0.39 is 22.2 Å². The summed E-state index contributed by atoms with van der Waals surface area (Å²) in [7, 11) is 3.31. The monoisotopic (exact) mass is 636 g/mol. The maximum Gasteiger partial charge on any atom is 0.490 e. The van der Waals surface area contributed by atoms with Crippen LogP contribution in [-0.4, -0.2) is 128 Å². The molecule has 1 aliphatic rings. The normalized spacial score (nSPS) is 14.5. The van der Waals surface area contributed by atoms with Crippen LogP contribution < -0.4 is 4.74 Å². The number of methoxy groups -OCH3 is 1. The molecule has 0 saturated carbocycles. The maximum absolute atomic E-state index is 13.2. The number of aromatic nitrogens is 2. The van der Waals surface area contributed by atoms with Crippen molar-refractivity contribution >= 4 is 21.9 Å². The molecule has 1 N–H and O–H groups in total. The molecule has 1 saturated heterocycles. The van der Waals surface area contributed by atoms with Gasteiger partial charge in [-0.25, -0.2) is 13.2 Å². The van der Waals surface area contributed by atoms with Crippen molar-refractivity contribution in [3.63, 3.8) is 0 Å². The highest BCUT2D eigenvalue weighted by molar-refractivity contribution is 7.89. The summed E-state index contributed by atoms with van der Waals surface area (Å²) in [6.45, 7) is 8.19. The van der Waals surface area contributed by atoms with Crippen molar-refractivity contribution in [1.82, 2.24) is 29.2 Å². The predicted molar refractivity (Wildman–Crippen MR) is 149 cm³/mol. The molecule has 0 bridgehead atoms. The molecule has 1 amide bonds. The Morgan fingerprint density at radius 2 is 1.60 bits per heavy atom. The van der Waals surface area contributed by atoms with Gasteiger partial charge < -0.3 is 24.1 Å². The third kappa shape index (κ3) is 10.4. The van der Waals surface area contributed by atoms with E-state index in [2.05, 4.69) is 34.1 Å². The summed E-state index contributed by atoms with van der Waals surface area (Å²) in [6.07, 6.45) is -2.80. The van der Waals surface area contributed by atoms with Gasteiger partial charge in [0.15, 0.2) is 0 Å². The van der Waals surface area contributed by atoms with Gasteiger partial charge in [-0.1, -0.05) is 0 Å². The van der Waals surface area contributed by atoms with Gasteiger partial charge in [0.25, 0.3) is 0 Å². The van der Waals surface area contributed by atoms with Crippen molar-refractivity contribution in [3.05, 3.63) is 35.0 Å². The molecule has 0 radical (unpaired) electrons. The number of aryl methyl sites for hydroxylation is 2. The van der Waals surface area contributed by atoms with E-state index in [0.29, 0.717) is 30.0 Å². The average molecular weight is 637 g/mol. The van der Waals surface area contributed by atoms with E-state index in [4.69, 9.17) is 19.1 Å². The number of benzene rings is 1. The summed E-state index contributed by atoms with van der Waals surface area (Å²) in [5, 5.41) is 14.9. The second-order valence-electron chi connectivity index (χ2n) is 10.3. The van der Waals surface area contributed by atoms with Crippen LogP contribution in [0.5, 0.6) is 5.75 Å². The third-order valence-electron chi connectivity index (χ3n) is 6.58. The highest BCUT2D eigenvalue weighted by Crippen LogP contribution is 2.28. The van der Waals surface area contributed by atoms with Crippen LogP contribution in [-0.2, 0) is 21.4 Å². The van der Waals surface area contributed by atoms with Crippen LogP contribution in [0.15, 0.2) is 21.4 Å². The Kier molecular flexibility index (Phi) is 12.9. The topological polar surface area (TPSA) is 150 Å². The van der Waals surface area contributed by atoms with Crippen LogP contribution in [0, 0.1) is 13.8 Å². The van der Waals surface area contributed by atoms with E-state index in [9.17, 15) is 26.4 Å². The number of carboxylic acid groups (broad SMARTS) is 1. The molecule has 242 valence electrons. The number of carboxylic acids is 1. The van der Waals surface area contributed by atoms with Crippen LogP contribution in [0.2, 0.25) is 0 Å². The van der Waals surface area contributed by atoms with Crippen molar-refractivity contribution in [2.75, 3.05) is 67.5 Å². The van der Waals surface area contributed by atoms with E-state index in [1.807, 2.05) is 0 Å². The Labute approximate surface area is 249 Å². The molecule has 13 nitrogen and oxygen atoms in total. The second kappa shape index (κ2) is 15.4. The highest BCUT2D eigenvalue weighted by atomic mass is 32.2. The largest absolute Gasteiger partial charge is 0.497 e. The van der Waals surface area contributed by atoms with E-state index >= 15 is 0 Å². The van der Waals surface area contributed by atoms with Gasteiger partial charge in [0.05, 0.1) is 18.6 Å². The number of hydrogen-bond donors (Lipinski definition) is 1. The van der Waals surface area contributed by atoms with Crippen LogP contribution in [0.3, 0.4) is 0 Å². The van der Waals surface area contributed by atoms with Crippen molar-refractivity contribution in [2.24, 2.45) is 0 Å². The molecule has 43 heavy (non-hydrogen) atoms. The SMILES string of the molecule is COc1cc(C)c(S(=O)(=O)N(C)Cc2nnc(C(=O)N3CCN(CCCCN(C)C)CC3)o2)c(C)c1.O=C(O)C(F)(F)F. The van der Waals surface area contributed by atoms with Gasteiger partial charge in [0.2, 0.25) is 15.9 Å². The lowest BCUT2D eigenvalue weighted by Crippen LogP contribution is -2.49. The average Bonchev–Trinajstić information content (AvgIpc) is 3.38. The Balaban J connectivity index is 0.000000821. The molecule has 0 spiro atoms. The molecule has 17 heteroatoms. The molecule has 3 rings (SSSR count). The molecule has 0 unspecified atom stereocenters. The summed E-state index contributed by atoms with van der Waals surface area (Å²) in [5.74, 6) is -2.54. The van der Waals surface area contributed by atoms with Crippen LogP contribution >= 0.6 is 0 Å². The van der Waals surface area contributed by atoms with Gasteiger partial charge in [-0.15, -0.1) is 10.2 Å². The number of alkyl halides is 3. The van der Waals surface area contributed by atoms with Crippen LogP contribution in [0.4, 0.5) is 13.2 Å². The molecule has 2 heterocycles. The second-order valence-corrected chi connectivity index (χ2v) is 12.3. The quantitative estimate of drug-likeness (QED) is 0.362. The zero-order chi connectivity index (χ0) is 32.5. The number of ether oxygens (including phenoxy) is 1. The fourth-order valence-corrected chi connectivity index (χ4v) is 5.87. The number of hydrogen-bond acceptors (Lipinski definition) is 10. The number of carbonyl (C=O) groups excluding carboxylic acids is 1. The Morgan fingerprint density at radius 3 is 2.09 bits per heavy atom. The number of piperazine rings is 1. The first kappa shape index (κ1) is 35.9. The van der Waals surface area contributed by atoms with Gasteiger partial charge in [0, 0.05) is 33.2 Å². The molecule has 2 aromatic rings. The molecule has 0 aliphatic carbocycles. The Hall–Kier alpha value is -3.28. The maximum atomic E-state index is 13.2. The Morgan fingerprint density at radius 1 is 1.05 bits per heavy atom. The molecule has 1 aromatic carbocycles. The predicted octanol–water partition coefficient (Wildman–Crippen LogP) is 2.25. The first-order chi connectivity index (χ1) is 20.0. The van der Waals surface area contributed by atoms with Crippen molar-refractivity contribution in [2.45, 2.75) is 44.3 Å². The molecular formula is C26H39F3N6O7S. The van der Waals surface area contributed by atoms with Gasteiger partial charge in [-0.2, -0.15) is 17.5 Å². The minimum atomic E-state index is -5.08. The highest BCUT2D eigenvalue weighted by Gasteiger charge is 2.38. The van der Waals surface area contributed by atoms with E-state index in [0.717, 1.165) is 43.3 Å². The molecule has 1 fully saturated rings. The van der Waals surface area contributed by atoms with Gasteiger partial charge in [-0.05, 0) is 77.1 Å². The smallest absolute Gasteiger partial charge is 0.490 e. The van der Waals surface area contributed by atoms with Crippen molar-refractivity contribution < 1.29 is 45.4 Å². The van der Waals surface area contributed by atoms with Crippen LogP contribution in [0.25, 0.3) is 0 Å². The first-order valence-corrected chi connectivity index (χ1v) is 14.8. The van der Waals surface area contributed by atoms with Gasteiger partial charge >= 0.3 is 23.9 Å².